The fourth-order valence-corrected chi connectivity index (χ4v) is 4.70. The monoisotopic (exact) mass is 420 g/mol. The SMILES string of the molecule is CCCCCCCCN1CCN2CCCN(C)CCN(CC2)C(Cl)(Cl)CC1. The average Bonchev–Trinajstić information content (AvgIpc) is 2.64. The maximum Gasteiger partial charge on any atom is 0.172 e. The zero-order chi connectivity index (χ0) is 19.5. The van der Waals surface area contributed by atoms with Gasteiger partial charge in [-0.05, 0) is 39.5 Å². The van der Waals surface area contributed by atoms with Crippen LogP contribution in [0.5, 0.6) is 0 Å². The fourth-order valence-electron chi connectivity index (χ4n) is 4.19. The normalized spacial score (nSPS) is 28.9. The zero-order valence-electron chi connectivity index (χ0n) is 17.8. The van der Waals surface area contributed by atoms with Gasteiger partial charge in [0.25, 0.3) is 0 Å². The number of fused-ring (bicyclic) bond motifs is 3. The molecule has 2 rings (SSSR count). The van der Waals surface area contributed by atoms with E-state index in [9.17, 15) is 0 Å². The predicted octanol–water partition coefficient (Wildman–Crippen LogP) is 4.12. The van der Waals surface area contributed by atoms with Gasteiger partial charge >= 0.3 is 0 Å². The van der Waals surface area contributed by atoms with E-state index in [-0.39, 0.29) is 0 Å². The molecule has 2 unspecified atom stereocenters. The summed E-state index contributed by atoms with van der Waals surface area (Å²) in [4.78, 5) is 9.94. The summed E-state index contributed by atoms with van der Waals surface area (Å²) in [7, 11) is 2.21. The molecule has 0 aromatic rings. The van der Waals surface area contributed by atoms with Crippen molar-refractivity contribution in [3.63, 3.8) is 0 Å². The second-order valence-electron chi connectivity index (χ2n) is 8.51. The molecule has 2 heterocycles. The minimum absolute atomic E-state index is 0.748. The Balaban J connectivity index is 1.90. The van der Waals surface area contributed by atoms with Crippen molar-refractivity contribution in [3.05, 3.63) is 0 Å². The van der Waals surface area contributed by atoms with Gasteiger partial charge in [-0.15, -0.1) is 0 Å². The van der Waals surface area contributed by atoms with Crippen molar-refractivity contribution in [1.29, 1.82) is 0 Å². The first-order valence-electron chi connectivity index (χ1n) is 11.3. The van der Waals surface area contributed by atoms with Crippen LogP contribution in [0.15, 0.2) is 0 Å². The predicted molar refractivity (Wildman–Crippen MR) is 119 cm³/mol. The Bertz CT molecular complexity index is 394. The van der Waals surface area contributed by atoms with Crippen molar-refractivity contribution in [2.45, 2.75) is 62.7 Å². The van der Waals surface area contributed by atoms with Crippen LogP contribution in [0.4, 0.5) is 0 Å². The second kappa shape index (κ2) is 12.9. The lowest BCUT2D eigenvalue weighted by atomic mass is 10.1. The Morgan fingerprint density at radius 1 is 0.741 bits per heavy atom. The first-order chi connectivity index (χ1) is 13.0. The molecule has 0 radical (unpaired) electrons. The van der Waals surface area contributed by atoms with Crippen molar-refractivity contribution < 1.29 is 0 Å². The highest BCUT2D eigenvalue weighted by Crippen LogP contribution is 2.31. The number of likely N-dealkylation sites (N-methyl/N-ethyl adjacent to an activating group) is 1. The van der Waals surface area contributed by atoms with Crippen LogP contribution in [0, 0.1) is 0 Å². The van der Waals surface area contributed by atoms with E-state index in [0.29, 0.717) is 0 Å². The molecule has 2 aliphatic heterocycles. The molecular formula is C21H42Cl2N4. The summed E-state index contributed by atoms with van der Waals surface area (Å²) in [6.45, 7) is 13.2. The maximum absolute atomic E-state index is 6.84. The van der Waals surface area contributed by atoms with E-state index >= 15 is 0 Å². The Morgan fingerprint density at radius 2 is 1.44 bits per heavy atom. The summed E-state index contributed by atoms with van der Waals surface area (Å²) in [6.07, 6.45) is 10.2. The van der Waals surface area contributed by atoms with E-state index in [2.05, 4.69) is 33.6 Å². The summed E-state index contributed by atoms with van der Waals surface area (Å²) in [6, 6.07) is 0. The number of unbranched alkanes of at least 4 members (excludes halogenated alkanes) is 5. The highest BCUT2D eigenvalue weighted by Gasteiger charge is 2.33. The summed E-state index contributed by atoms with van der Waals surface area (Å²) in [5.41, 5.74) is 0. The molecule has 0 N–H and O–H groups in total. The molecule has 0 aliphatic carbocycles. The van der Waals surface area contributed by atoms with Gasteiger partial charge in [0.1, 0.15) is 0 Å². The van der Waals surface area contributed by atoms with Gasteiger partial charge in [-0.2, -0.15) is 0 Å². The summed E-state index contributed by atoms with van der Waals surface area (Å²) < 4.78 is -0.748. The maximum atomic E-state index is 6.84. The molecule has 0 aromatic heterocycles. The topological polar surface area (TPSA) is 13.0 Å². The van der Waals surface area contributed by atoms with Gasteiger partial charge in [0.05, 0.1) is 0 Å². The minimum atomic E-state index is -0.748. The van der Waals surface area contributed by atoms with Gasteiger partial charge < -0.3 is 14.7 Å². The third-order valence-electron chi connectivity index (χ3n) is 6.20. The van der Waals surface area contributed by atoms with Crippen LogP contribution in [0.2, 0.25) is 0 Å². The van der Waals surface area contributed by atoms with Crippen LogP contribution < -0.4 is 0 Å². The Hall–Kier alpha value is 0.420. The molecule has 27 heavy (non-hydrogen) atoms. The van der Waals surface area contributed by atoms with Gasteiger partial charge in [-0.3, -0.25) is 4.90 Å². The van der Waals surface area contributed by atoms with Crippen molar-refractivity contribution in [1.82, 2.24) is 19.6 Å². The van der Waals surface area contributed by atoms with Crippen molar-refractivity contribution in [2.75, 3.05) is 72.5 Å². The number of rotatable bonds is 7. The first kappa shape index (κ1) is 23.7. The smallest absolute Gasteiger partial charge is 0.172 e. The molecule has 4 nitrogen and oxygen atoms in total. The van der Waals surface area contributed by atoms with E-state index in [1.807, 2.05) is 0 Å². The lowest BCUT2D eigenvalue weighted by molar-refractivity contribution is 0.104. The Labute approximate surface area is 178 Å². The van der Waals surface area contributed by atoms with Gasteiger partial charge in [0.2, 0.25) is 0 Å². The molecule has 2 saturated heterocycles. The van der Waals surface area contributed by atoms with E-state index in [0.717, 1.165) is 52.2 Å². The number of nitrogens with zero attached hydrogens (tertiary/aromatic N) is 4. The summed E-state index contributed by atoms with van der Waals surface area (Å²) in [5.74, 6) is 0. The van der Waals surface area contributed by atoms with Crippen LogP contribution in [0.3, 0.4) is 0 Å². The largest absolute Gasteiger partial charge is 0.305 e. The third kappa shape index (κ3) is 9.18. The third-order valence-corrected chi connectivity index (χ3v) is 7.06. The first-order valence-corrected chi connectivity index (χ1v) is 12.0. The van der Waals surface area contributed by atoms with Gasteiger partial charge in [-0.1, -0.05) is 62.2 Å². The Morgan fingerprint density at radius 3 is 2.26 bits per heavy atom. The standard InChI is InChI=1S/C21H42Cl2N4/c1-3-4-5-6-7-8-12-25-14-10-21(22,23)27-19-15-24(2)11-9-13-26(17-16-25)18-20-27/h3-20H2,1-2H3. The van der Waals surface area contributed by atoms with Crippen molar-refractivity contribution >= 4 is 23.2 Å². The average molecular weight is 422 g/mol. The minimum Gasteiger partial charge on any atom is -0.305 e. The number of halogens is 2. The second-order valence-corrected chi connectivity index (χ2v) is 9.95. The highest BCUT2D eigenvalue weighted by molar-refractivity contribution is 6.48. The van der Waals surface area contributed by atoms with Gasteiger partial charge in [0.15, 0.2) is 4.46 Å². The number of alkyl halides is 2. The number of hydrogen-bond donors (Lipinski definition) is 0. The lowest BCUT2D eigenvalue weighted by Crippen LogP contribution is -2.52. The molecule has 0 spiro atoms. The Kier molecular flexibility index (Phi) is 11.3. The van der Waals surface area contributed by atoms with Crippen molar-refractivity contribution in [3.8, 4) is 0 Å². The zero-order valence-corrected chi connectivity index (χ0v) is 19.3. The summed E-state index contributed by atoms with van der Waals surface area (Å²) >= 11 is 13.7. The highest BCUT2D eigenvalue weighted by atomic mass is 35.5. The molecule has 2 fully saturated rings. The summed E-state index contributed by atoms with van der Waals surface area (Å²) in [5, 5.41) is 0. The van der Waals surface area contributed by atoms with Gasteiger partial charge in [0, 0.05) is 52.2 Å². The van der Waals surface area contributed by atoms with E-state index in [1.165, 1.54) is 64.6 Å². The van der Waals surface area contributed by atoms with E-state index in [4.69, 9.17) is 23.2 Å². The quantitative estimate of drug-likeness (QED) is 0.348. The van der Waals surface area contributed by atoms with E-state index in [1.54, 1.807) is 0 Å². The molecular weight excluding hydrogens is 379 g/mol. The van der Waals surface area contributed by atoms with Crippen LogP contribution in [0.25, 0.3) is 0 Å². The van der Waals surface area contributed by atoms with Crippen LogP contribution >= 0.6 is 23.2 Å². The molecule has 0 aromatic carbocycles. The molecule has 0 saturated carbocycles. The molecule has 0 amide bonds. The van der Waals surface area contributed by atoms with Crippen molar-refractivity contribution in [2.24, 2.45) is 0 Å². The van der Waals surface area contributed by atoms with Gasteiger partial charge in [-0.25, -0.2) is 0 Å². The molecule has 2 bridgehead atoms. The molecule has 2 aliphatic rings. The number of hydrogen-bond acceptors (Lipinski definition) is 4. The molecule has 6 heteroatoms. The van der Waals surface area contributed by atoms with E-state index < -0.39 is 4.46 Å². The van der Waals surface area contributed by atoms with Crippen LogP contribution in [0.1, 0.15) is 58.3 Å². The lowest BCUT2D eigenvalue weighted by Gasteiger charge is -2.40. The molecule has 2 atom stereocenters. The fraction of sp³-hybridized carbons (Fsp3) is 1.00. The molecule has 160 valence electrons. The van der Waals surface area contributed by atoms with Crippen LogP contribution in [-0.2, 0) is 0 Å². The van der Waals surface area contributed by atoms with Crippen LogP contribution in [-0.4, -0.2) is 96.6 Å².